The van der Waals surface area contributed by atoms with Gasteiger partial charge in [-0.15, -0.1) is 0 Å². The molecule has 0 saturated heterocycles. The normalized spacial score (nSPS) is 11.5. The molecule has 0 radical (unpaired) electrons. The third kappa shape index (κ3) is 6.79. The zero-order chi connectivity index (χ0) is 30.6. The van der Waals surface area contributed by atoms with Crippen molar-refractivity contribution in [3.05, 3.63) is 136 Å². The molecule has 42 heavy (non-hydrogen) atoms. The second kappa shape index (κ2) is 12.5. The summed E-state index contributed by atoms with van der Waals surface area (Å²) < 4.78 is 132. The first-order valence-corrected chi connectivity index (χ1v) is 12.3. The van der Waals surface area contributed by atoms with Crippen LogP contribution in [0.1, 0.15) is 35.6 Å². The quantitative estimate of drug-likeness (QED) is 0.0902. The summed E-state index contributed by atoms with van der Waals surface area (Å²) in [6, 6.07) is 8.86. The van der Waals surface area contributed by atoms with Crippen molar-refractivity contribution in [1.82, 2.24) is 0 Å². The molecule has 4 aromatic rings. The first-order valence-electron chi connectivity index (χ1n) is 12.3. The fourth-order valence-electron chi connectivity index (χ4n) is 4.00. The molecule has 0 aliphatic carbocycles. The lowest BCUT2D eigenvalue weighted by atomic mass is 10.00. The molecule has 4 rings (SSSR count). The van der Waals surface area contributed by atoms with Gasteiger partial charge in [-0.2, -0.15) is 8.78 Å². The average Bonchev–Trinajstić information content (AvgIpc) is 2.90. The maximum atomic E-state index is 14.9. The number of hydrogen-bond donors (Lipinski definition) is 0. The van der Waals surface area contributed by atoms with E-state index in [2.05, 4.69) is 16.6 Å². The molecule has 0 heterocycles. The van der Waals surface area contributed by atoms with Crippen molar-refractivity contribution >= 4 is 0 Å². The van der Waals surface area contributed by atoms with Crippen molar-refractivity contribution in [2.24, 2.45) is 0 Å². The number of aryl methyl sites for hydroxylation is 1. The van der Waals surface area contributed by atoms with Crippen LogP contribution in [0, 0.1) is 52.6 Å². The van der Waals surface area contributed by atoms with Gasteiger partial charge in [-0.3, -0.25) is 0 Å². The van der Waals surface area contributed by atoms with Gasteiger partial charge >= 0.3 is 6.11 Å². The van der Waals surface area contributed by atoms with Gasteiger partial charge in [0.1, 0.15) is 34.6 Å². The highest BCUT2D eigenvalue weighted by Gasteiger charge is 2.41. The zero-order valence-corrected chi connectivity index (χ0v) is 21.7. The minimum Gasteiger partial charge on any atom is -0.429 e. The number of benzene rings is 4. The molecule has 0 spiro atoms. The van der Waals surface area contributed by atoms with Crippen molar-refractivity contribution in [3.8, 4) is 28.7 Å². The number of hydrogen-bond acceptors (Lipinski definition) is 1. The first-order chi connectivity index (χ1) is 19.9. The van der Waals surface area contributed by atoms with E-state index in [1.54, 1.807) is 6.07 Å². The fraction of sp³-hybridized carbons (Fsp3) is 0.125. The highest BCUT2D eigenvalue weighted by molar-refractivity contribution is 5.66. The van der Waals surface area contributed by atoms with Crippen LogP contribution in [0.3, 0.4) is 0 Å². The molecule has 0 atom stereocenters. The van der Waals surface area contributed by atoms with Gasteiger partial charge in [0.2, 0.25) is 0 Å². The molecule has 10 heteroatoms. The molecule has 0 N–H and O–H groups in total. The predicted octanol–water partition coefficient (Wildman–Crippen LogP) is 9.36. The molecule has 0 amide bonds. The number of allylic oxidation sites excluding steroid dienone is 2. The Morgan fingerprint density at radius 1 is 0.714 bits per heavy atom. The smallest absolute Gasteiger partial charge is 0.429 e. The molecule has 4 aromatic carbocycles. The topological polar surface area (TPSA) is 9.23 Å². The maximum Gasteiger partial charge on any atom is 0.432 e. The van der Waals surface area contributed by atoms with E-state index in [1.165, 1.54) is 18.2 Å². The van der Waals surface area contributed by atoms with E-state index in [1.807, 2.05) is 19.1 Å². The molecule has 216 valence electrons. The van der Waals surface area contributed by atoms with Gasteiger partial charge in [0.15, 0.2) is 17.5 Å². The molecule has 0 saturated carbocycles. The minimum atomic E-state index is -4.79. The van der Waals surface area contributed by atoms with Crippen molar-refractivity contribution < 1.29 is 44.3 Å². The van der Waals surface area contributed by atoms with Crippen molar-refractivity contribution in [1.29, 1.82) is 0 Å². The van der Waals surface area contributed by atoms with Gasteiger partial charge in [0, 0.05) is 23.3 Å². The van der Waals surface area contributed by atoms with Crippen LogP contribution in [0.25, 0.3) is 11.1 Å². The first kappa shape index (κ1) is 30.3. The Morgan fingerprint density at radius 2 is 1.38 bits per heavy atom. The van der Waals surface area contributed by atoms with E-state index < -0.39 is 63.7 Å². The third-order valence-corrected chi connectivity index (χ3v) is 6.03. The Labute approximate surface area is 234 Å². The summed E-state index contributed by atoms with van der Waals surface area (Å²) in [6.45, 7) is 1.88. The maximum absolute atomic E-state index is 14.9. The van der Waals surface area contributed by atoms with Gasteiger partial charge in [-0.25, -0.2) is 30.7 Å². The highest BCUT2D eigenvalue weighted by atomic mass is 19.3. The molecular formula is C32H19F9O. The Hall–Kier alpha value is -4.65. The molecule has 0 fully saturated rings. The summed E-state index contributed by atoms with van der Waals surface area (Å²) in [7, 11) is 0. The van der Waals surface area contributed by atoms with Crippen molar-refractivity contribution in [2.75, 3.05) is 0 Å². The van der Waals surface area contributed by atoms with Crippen LogP contribution in [-0.2, 0) is 12.5 Å². The predicted molar refractivity (Wildman–Crippen MR) is 138 cm³/mol. The number of halogens is 9. The Balaban J connectivity index is 1.57. The van der Waals surface area contributed by atoms with Crippen LogP contribution in [0.5, 0.6) is 5.75 Å². The molecule has 0 aromatic heterocycles. The van der Waals surface area contributed by atoms with Crippen molar-refractivity contribution in [3.63, 3.8) is 0 Å². The van der Waals surface area contributed by atoms with Crippen LogP contribution in [0.4, 0.5) is 39.5 Å². The third-order valence-electron chi connectivity index (χ3n) is 6.03. The van der Waals surface area contributed by atoms with E-state index in [9.17, 15) is 39.5 Å². The lowest BCUT2D eigenvalue weighted by Gasteiger charge is -2.20. The molecule has 0 bridgehead atoms. The van der Waals surface area contributed by atoms with E-state index in [0.717, 1.165) is 24.1 Å². The van der Waals surface area contributed by atoms with Gasteiger partial charge < -0.3 is 4.74 Å². The molecule has 0 unspecified atom stereocenters. The fourth-order valence-corrected chi connectivity index (χ4v) is 4.00. The summed E-state index contributed by atoms with van der Waals surface area (Å²) in [6.07, 6.45) is 0.442. The van der Waals surface area contributed by atoms with Gasteiger partial charge in [0.05, 0.1) is 5.56 Å². The number of rotatable bonds is 7. The minimum absolute atomic E-state index is 0.0725. The summed E-state index contributed by atoms with van der Waals surface area (Å²) in [4.78, 5) is 0. The van der Waals surface area contributed by atoms with E-state index in [4.69, 9.17) is 0 Å². The average molecular weight is 590 g/mol. The summed E-state index contributed by atoms with van der Waals surface area (Å²) in [5.41, 5.74) is -1.80. The molecule has 0 aliphatic rings. The van der Waals surface area contributed by atoms with Crippen LogP contribution < -0.4 is 4.74 Å². The monoisotopic (exact) mass is 590 g/mol. The second-order valence-electron chi connectivity index (χ2n) is 9.00. The Morgan fingerprint density at radius 3 is 1.98 bits per heavy atom. The standard InChI is InChI=1S/C32H19F9O/c1-2-3-4-5-18-6-9-20(24(33)12-18)10-7-19-8-11-23(25(34)13-19)21-14-26(35)30(27(36)15-21)32(40,41)42-22-16-28(37)31(39)29(38)17-22/h2-3,6,8-9,11-17H,4-5H2,1H3/b3-2+. The van der Waals surface area contributed by atoms with Gasteiger partial charge in [-0.05, 0) is 67.3 Å². The SMILES string of the molecule is C/C=C/CCc1ccc(C#Cc2ccc(-c3cc(F)c(C(F)(F)Oc4cc(F)c(F)c(F)c4)c(F)c3)c(F)c2)c(F)c1. The van der Waals surface area contributed by atoms with E-state index in [-0.39, 0.29) is 28.8 Å². The summed E-state index contributed by atoms with van der Waals surface area (Å²) in [5, 5.41) is 0. The molecule has 1 nitrogen and oxygen atoms in total. The number of ether oxygens (including phenoxy) is 1. The van der Waals surface area contributed by atoms with Crippen LogP contribution in [0.2, 0.25) is 0 Å². The zero-order valence-electron chi connectivity index (χ0n) is 21.7. The lowest BCUT2D eigenvalue weighted by molar-refractivity contribution is -0.189. The van der Waals surface area contributed by atoms with Crippen LogP contribution in [0.15, 0.2) is 72.8 Å². The second-order valence-corrected chi connectivity index (χ2v) is 9.00. The number of alkyl halides is 2. The van der Waals surface area contributed by atoms with E-state index in [0.29, 0.717) is 18.6 Å². The Kier molecular flexibility index (Phi) is 9.00. The van der Waals surface area contributed by atoms with Gasteiger partial charge in [0.25, 0.3) is 0 Å². The van der Waals surface area contributed by atoms with E-state index >= 15 is 0 Å². The highest BCUT2D eigenvalue weighted by Crippen LogP contribution is 2.38. The Bertz CT molecular complexity index is 1690. The largest absolute Gasteiger partial charge is 0.432 e. The molecule has 0 aliphatic heterocycles. The van der Waals surface area contributed by atoms with Gasteiger partial charge in [-0.1, -0.05) is 36.1 Å². The van der Waals surface area contributed by atoms with Crippen molar-refractivity contribution in [2.45, 2.75) is 25.9 Å². The summed E-state index contributed by atoms with van der Waals surface area (Å²) in [5.74, 6) is -7.00. The van der Waals surface area contributed by atoms with Crippen LogP contribution >= 0.6 is 0 Å². The lowest BCUT2D eigenvalue weighted by Crippen LogP contribution is -2.25. The van der Waals surface area contributed by atoms with Crippen LogP contribution in [-0.4, -0.2) is 0 Å². The summed E-state index contributed by atoms with van der Waals surface area (Å²) >= 11 is 0. The molecular weight excluding hydrogens is 571 g/mol.